The minimum atomic E-state index is 0.367. The zero-order valence-corrected chi connectivity index (χ0v) is 8.40. The average molecular weight is 205 g/mol. The summed E-state index contributed by atoms with van der Waals surface area (Å²) in [5.74, 6) is 0.886. The molecule has 4 nitrogen and oxygen atoms in total. The number of ether oxygens (including phenoxy) is 1. The van der Waals surface area contributed by atoms with Gasteiger partial charge in [-0.1, -0.05) is 12.1 Å². The smallest absolute Gasteiger partial charge is 0.338 e. The molecule has 0 amide bonds. The van der Waals surface area contributed by atoms with Crippen molar-refractivity contribution in [1.82, 2.24) is 0 Å². The second kappa shape index (κ2) is 5.55. The summed E-state index contributed by atoms with van der Waals surface area (Å²) in [4.78, 5) is 8.87. The number of hydrogen-bond acceptors (Lipinski definition) is 4. The van der Waals surface area contributed by atoms with Gasteiger partial charge in [-0.15, -0.1) is 11.8 Å². The molecule has 1 aromatic rings. The van der Waals surface area contributed by atoms with Crippen molar-refractivity contribution in [3.63, 3.8) is 0 Å². The van der Waals surface area contributed by atoms with Crippen molar-refractivity contribution in [1.29, 1.82) is 5.26 Å². The number of allylic oxidation sites excluding steroid dienone is 1. The number of nitrogens with zero attached hydrogens (tertiary/aromatic N) is 1. The maximum atomic E-state index is 8.18. The molecule has 0 saturated carbocycles. The number of benzene rings is 1. The Bertz CT molecular complexity index is 382. The van der Waals surface area contributed by atoms with Gasteiger partial charge in [-0.3, -0.25) is 4.89 Å². The Kier molecular flexibility index (Phi) is 4.05. The van der Waals surface area contributed by atoms with Crippen molar-refractivity contribution in [2.45, 2.75) is 6.42 Å². The molecule has 78 valence electrons. The Morgan fingerprint density at radius 3 is 2.87 bits per heavy atom. The molecule has 4 heteroatoms. The van der Waals surface area contributed by atoms with Crippen molar-refractivity contribution in [2.75, 3.05) is 7.11 Å². The molecular formula is C11H11NO3. The fraction of sp³-hybridized carbons (Fsp3) is 0.182. The molecule has 0 N–H and O–H groups in total. The molecule has 0 saturated heterocycles. The van der Waals surface area contributed by atoms with E-state index >= 15 is 0 Å². The van der Waals surface area contributed by atoms with E-state index in [-0.39, 0.29) is 0 Å². The lowest BCUT2D eigenvalue weighted by molar-refractivity contribution is -0.138. The monoisotopic (exact) mass is 205 g/mol. The lowest BCUT2D eigenvalue weighted by Crippen LogP contribution is -1.95. The van der Waals surface area contributed by atoms with Crippen LogP contribution in [0.25, 0.3) is 0 Å². The van der Waals surface area contributed by atoms with Crippen molar-refractivity contribution < 1.29 is 14.5 Å². The molecule has 0 radical (unpaired) electrons. The lowest BCUT2D eigenvalue weighted by atomic mass is 10.1. The zero-order valence-electron chi connectivity index (χ0n) is 8.40. The van der Waals surface area contributed by atoms with Crippen LogP contribution in [0.2, 0.25) is 0 Å². The van der Waals surface area contributed by atoms with Crippen LogP contribution < -0.4 is 9.62 Å². The number of methoxy groups -OCH3 is 1. The minimum absolute atomic E-state index is 0.367. The van der Waals surface area contributed by atoms with E-state index in [2.05, 4.69) is 11.5 Å². The molecule has 0 bridgehead atoms. The molecule has 0 aliphatic rings. The summed E-state index contributed by atoms with van der Waals surface area (Å²) in [6.07, 6.45) is 3.95. The Morgan fingerprint density at radius 2 is 2.27 bits per heavy atom. The molecule has 0 fully saturated rings. The van der Waals surface area contributed by atoms with Crippen LogP contribution in [0, 0.1) is 11.5 Å². The highest BCUT2D eigenvalue weighted by Gasteiger charge is 2.06. The van der Waals surface area contributed by atoms with E-state index in [1.54, 1.807) is 18.2 Å². The fourth-order valence-electron chi connectivity index (χ4n) is 1.14. The third-order valence-electron chi connectivity index (χ3n) is 1.78. The van der Waals surface area contributed by atoms with Crippen LogP contribution in [0.15, 0.2) is 30.9 Å². The third kappa shape index (κ3) is 2.92. The molecule has 0 aliphatic heterocycles. The molecule has 0 atom stereocenters. The first kappa shape index (κ1) is 10.9. The van der Waals surface area contributed by atoms with Gasteiger partial charge >= 0.3 is 6.26 Å². The van der Waals surface area contributed by atoms with E-state index in [4.69, 9.17) is 14.9 Å². The summed E-state index contributed by atoms with van der Waals surface area (Å²) >= 11 is 0. The maximum absolute atomic E-state index is 8.18. The first-order chi connectivity index (χ1) is 7.31. The predicted octanol–water partition coefficient (Wildman–Crippen LogP) is 2.22. The predicted molar refractivity (Wildman–Crippen MR) is 54.2 cm³/mol. The molecule has 1 rings (SSSR count). The van der Waals surface area contributed by atoms with Gasteiger partial charge in [0.2, 0.25) is 5.75 Å². The highest BCUT2D eigenvalue weighted by molar-refractivity contribution is 5.43. The number of hydrogen-bond donors (Lipinski definition) is 0. The molecule has 0 unspecified atom stereocenters. The second-order valence-corrected chi connectivity index (χ2v) is 2.74. The quantitative estimate of drug-likeness (QED) is 0.320. The minimum Gasteiger partial charge on any atom is -0.493 e. The zero-order chi connectivity index (χ0) is 11.1. The van der Waals surface area contributed by atoms with Crippen LogP contribution in [0.1, 0.15) is 5.56 Å². The lowest BCUT2D eigenvalue weighted by Gasteiger charge is -2.07. The maximum Gasteiger partial charge on any atom is 0.338 e. The summed E-state index contributed by atoms with van der Waals surface area (Å²) in [7, 11) is 1.52. The third-order valence-corrected chi connectivity index (χ3v) is 1.78. The highest BCUT2D eigenvalue weighted by Crippen LogP contribution is 2.28. The first-order valence-corrected chi connectivity index (χ1v) is 4.32. The van der Waals surface area contributed by atoms with Crippen LogP contribution in [0.4, 0.5) is 0 Å². The Balaban J connectivity index is 2.88. The number of nitriles is 1. The van der Waals surface area contributed by atoms with Gasteiger partial charge in [0.1, 0.15) is 0 Å². The van der Waals surface area contributed by atoms with Gasteiger partial charge in [0.25, 0.3) is 0 Å². The topological polar surface area (TPSA) is 51.5 Å². The Morgan fingerprint density at radius 1 is 1.47 bits per heavy atom. The summed E-state index contributed by atoms with van der Waals surface area (Å²) in [5.41, 5.74) is 1.05. The highest BCUT2D eigenvalue weighted by atomic mass is 17.2. The van der Waals surface area contributed by atoms with Crippen molar-refractivity contribution >= 4 is 0 Å². The summed E-state index contributed by atoms with van der Waals surface area (Å²) < 4.78 is 5.08. The first-order valence-electron chi connectivity index (χ1n) is 4.32. The van der Waals surface area contributed by atoms with E-state index < -0.39 is 0 Å². The van der Waals surface area contributed by atoms with E-state index in [0.29, 0.717) is 11.5 Å². The van der Waals surface area contributed by atoms with Gasteiger partial charge in [0.05, 0.1) is 7.11 Å². The van der Waals surface area contributed by atoms with Gasteiger partial charge < -0.3 is 4.74 Å². The molecule has 15 heavy (non-hydrogen) atoms. The number of rotatable bonds is 5. The van der Waals surface area contributed by atoms with Crippen LogP contribution in [-0.2, 0) is 11.3 Å². The van der Waals surface area contributed by atoms with Crippen molar-refractivity contribution in [2.24, 2.45) is 0 Å². The average Bonchev–Trinajstić information content (AvgIpc) is 2.27. The van der Waals surface area contributed by atoms with E-state index in [1.807, 2.05) is 6.07 Å². The SMILES string of the molecule is C=CCc1ccc(OOC#N)c(OC)c1. The van der Waals surface area contributed by atoms with Gasteiger partial charge in [-0.2, -0.15) is 0 Å². The van der Waals surface area contributed by atoms with Gasteiger partial charge in [0.15, 0.2) is 5.75 Å². The summed E-state index contributed by atoms with van der Waals surface area (Å²) in [6.45, 7) is 3.64. The van der Waals surface area contributed by atoms with Crippen LogP contribution in [0.5, 0.6) is 11.5 Å². The molecular weight excluding hydrogens is 194 g/mol. The fourth-order valence-corrected chi connectivity index (χ4v) is 1.14. The summed E-state index contributed by atoms with van der Waals surface area (Å²) in [5, 5.41) is 8.18. The van der Waals surface area contributed by atoms with Gasteiger partial charge in [-0.05, 0) is 24.1 Å². The summed E-state index contributed by atoms with van der Waals surface area (Å²) in [6, 6.07) is 5.33. The molecule has 0 aliphatic carbocycles. The molecule has 1 aromatic carbocycles. The Hall–Kier alpha value is -2.15. The van der Waals surface area contributed by atoms with Crippen molar-refractivity contribution in [3.8, 4) is 17.8 Å². The van der Waals surface area contributed by atoms with Gasteiger partial charge in [0, 0.05) is 0 Å². The molecule has 0 heterocycles. The standard InChI is InChI=1S/C11H11NO3/c1-3-4-9-5-6-10(15-14-8-12)11(7-9)13-2/h3,5-7H,1,4H2,2H3. The van der Waals surface area contributed by atoms with E-state index in [9.17, 15) is 0 Å². The van der Waals surface area contributed by atoms with E-state index in [0.717, 1.165) is 12.0 Å². The van der Waals surface area contributed by atoms with E-state index in [1.165, 1.54) is 13.4 Å². The van der Waals surface area contributed by atoms with Crippen LogP contribution in [-0.4, -0.2) is 7.11 Å². The van der Waals surface area contributed by atoms with Crippen LogP contribution >= 0.6 is 0 Å². The normalized spacial score (nSPS) is 8.80. The second-order valence-electron chi connectivity index (χ2n) is 2.74. The Labute approximate surface area is 88.2 Å². The van der Waals surface area contributed by atoms with Gasteiger partial charge in [-0.25, -0.2) is 4.89 Å². The largest absolute Gasteiger partial charge is 0.493 e. The van der Waals surface area contributed by atoms with Crippen LogP contribution in [0.3, 0.4) is 0 Å². The molecule has 0 spiro atoms. The van der Waals surface area contributed by atoms with Crippen molar-refractivity contribution in [3.05, 3.63) is 36.4 Å². The molecule has 0 aromatic heterocycles.